The molecule has 1 heterocycles. The molecule has 0 saturated carbocycles. The predicted molar refractivity (Wildman–Crippen MR) is 116 cm³/mol. The van der Waals surface area contributed by atoms with E-state index in [2.05, 4.69) is 15.3 Å². The molecular formula is C21H21N5S. The lowest BCUT2D eigenvalue weighted by atomic mass is 10.1. The highest BCUT2D eigenvalue weighted by molar-refractivity contribution is 8.02. The van der Waals surface area contributed by atoms with Gasteiger partial charge in [-0.3, -0.25) is 4.99 Å². The van der Waals surface area contributed by atoms with Crippen LogP contribution in [-0.4, -0.2) is 21.9 Å². The lowest BCUT2D eigenvalue weighted by Gasteiger charge is -2.12. The third kappa shape index (κ3) is 4.95. The number of thioether (sulfide) groups is 1. The van der Waals surface area contributed by atoms with Crippen LogP contribution in [0.25, 0.3) is 5.57 Å². The van der Waals surface area contributed by atoms with Gasteiger partial charge in [-0.2, -0.15) is 0 Å². The van der Waals surface area contributed by atoms with Gasteiger partial charge in [-0.15, -0.1) is 11.8 Å². The Morgan fingerprint density at radius 2 is 1.67 bits per heavy atom. The van der Waals surface area contributed by atoms with Crippen LogP contribution >= 0.6 is 11.8 Å². The third-order valence-electron chi connectivity index (χ3n) is 3.82. The maximum Gasteiger partial charge on any atom is 0.227 e. The van der Waals surface area contributed by atoms with Gasteiger partial charge in [0.1, 0.15) is 0 Å². The minimum absolute atomic E-state index is 0.512. The summed E-state index contributed by atoms with van der Waals surface area (Å²) in [5.74, 6) is 0.512. The van der Waals surface area contributed by atoms with E-state index in [0.29, 0.717) is 11.0 Å². The van der Waals surface area contributed by atoms with Crippen LogP contribution in [0.1, 0.15) is 12.6 Å². The molecule has 3 N–H and O–H groups in total. The molecule has 0 atom stereocenters. The van der Waals surface area contributed by atoms with Crippen LogP contribution in [0.3, 0.4) is 0 Å². The van der Waals surface area contributed by atoms with Crippen molar-refractivity contribution in [2.45, 2.75) is 6.92 Å². The summed E-state index contributed by atoms with van der Waals surface area (Å²) >= 11 is 1.47. The first-order chi connectivity index (χ1) is 13.2. The molecule has 0 aliphatic carbocycles. The van der Waals surface area contributed by atoms with E-state index in [-0.39, 0.29) is 0 Å². The number of hydrogen-bond donors (Lipinski definition) is 2. The Morgan fingerprint density at radius 1 is 1.00 bits per heavy atom. The van der Waals surface area contributed by atoms with E-state index in [1.54, 1.807) is 6.20 Å². The summed E-state index contributed by atoms with van der Waals surface area (Å²) in [5.41, 5.74) is 10.4. The zero-order chi connectivity index (χ0) is 19.1. The molecule has 1 aromatic heterocycles. The van der Waals surface area contributed by atoms with E-state index >= 15 is 0 Å². The van der Waals surface area contributed by atoms with Gasteiger partial charge in [-0.1, -0.05) is 36.4 Å². The van der Waals surface area contributed by atoms with Crippen molar-refractivity contribution < 1.29 is 0 Å². The third-order valence-corrected chi connectivity index (χ3v) is 4.47. The molecule has 0 radical (unpaired) electrons. The SMILES string of the molecule is CSC(N)=C(C(C)=Nc1ccccc1)c1ccnc(Nc2ccccc2)n1. The Bertz CT molecular complexity index is 953. The van der Waals surface area contributed by atoms with Crippen LogP contribution < -0.4 is 11.1 Å². The van der Waals surface area contributed by atoms with Gasteiger partial charge in [0.25, 0.3) is 0 Å². The summed E-state index contributed by atoms with van der Waals surface area (Å²) in [6, 6.07) is 21.4. The summed E-state index contributed by atoms with van der Waals surface area (Å²) in [7, 11) is 0. The standard InChI is InChI=1S/C21H21N5S/c1-15(24-16-9-5-3-6-10-16)19(20(22)27-2)18-13-14-23-21(26-18)25-17-11-7-4-8-12-17/h3-14H,22H2,1-2H3,(H,23,25,26). The van der Waals surface area contributed by atoms with Gasteiger partial charge < -0.3 is 11.1 Å². The number of benzene rings is 2. The summed E-state index contributed by atoms with van der Waals surface area (Å²) in [5, 5.41) is 3.88. The van der Waals surface area contributed by atoms with Crippen molar-refractivity contribution in [3.8, 4) is 0 Å². The first kappa shape index (κ1) is 18.7. The zero-order valence-electron chi connectivity index (χ0n) is 15.3. The number of hydrogen-bond acceptors (Lipinski definition) is 6. The number of aromatic nitrogens is 2. The number of aliphatic imine (C=N–C) groups is 1. The van der Waals surface area contributed by atoms with Crippen molar-refractivity contribution in [3.63, 3.8) is 0 Å². The van der Waals surface area contributed by atoms with E-state index < -0.39 is 0 Å². The smallest absolute Gasteiger partial charge is 0.227 e. The maximum absolute atomic E-state index is 6.29. The summed E-state index contributed by atoms with van der Waals surface area (Å²) < 4.78 is 0. The van der Waals surface area contributed by atoms with Crippen molar-refractivity contribution in [3.05, 3.63) is 83.6 Å². The molecule has 0 aliphatic heterocycles. The Kier molecular flexibility index (Phi) is 6.22. The van der Waals surface area contributed by atoms with E-state index in [0.717, 1.165) is 28.4 Å². The van der Waals surface area contributed by atoms with E-state index in [1.807, 2.05) is 79.9 Å². The average Bonchev–Trinajstić information content (AvgIpc) is 2.70. The van der Waals surface area contributed by atoms with Crippen molar-refractivity contribution in [2.75, 3.05) is 11.6 Å². The highest BCUT2D eigenvalue weighted by Gasteiger charge is 2.13. The molecule has 3 rings (SSSR count). The highest BCUT2D eigenvalue weighted by atomic mass is 32.2. The number of nitrogens with zero attached hydrogens (tertiary/aromatic N) is 3. The quantitative estimate of drug-likeness (QED) is 0.593. The van der Waals surface area contributed by atoms with Gasteiger partial charge in [0.2, 0.25) is 5.95 Å². The van der Waals surface area contributed by atoms with E-state index in [9.17, 15) is 0 Å². The summed E-state index contributed by atoms with van der Waals surface area (Å²) in [6.07, 6.45) is 3.66. The fraction of sp³-hybridized carbons (Fsp3) is 0.0952. The van der Waals surface area contributed by atoms with E-state index in [4.69, 9.17) is 10.7 Å². The number of anilines is 2. The second-order valence-electron chi connectivity index (χ2n) is 5.73. The molecule has 5 nitrogen and oxygen atoms in total. The molecule has 0 spiro atoms. The predicted octanol–water partition coefficient (Wildman–Crippen LogP) is 5.00. The Labute approximate surface area is 163 Å². The molecule has 0 saturated heterocycles. The fourth-order valence-electron chi connectivity index (χ4n) is 2.55. The molecule has 27 heavy (non-hydrogen) atoms. The molecule has 0 aliphatic rings. The Morgan fingerprint density at radius 3 is 2.33 bits per heavy atom. The number of rotatable bonds is 6. The first-order valence-electron chi connectivity index (χ1n) is 8.47. The molecule has 0 amide bonds. The molecule has 136 valence electrons. The van der Waals surface area contributed by atoms with Crippen LogP contribution in [0.4, 0.5) is 17.3 Å². The van der Waals surface area contributed by atoms with Gasteiger partial charge in [-0.25, -0.2) is 9.97 Å². The van der Waals surface area contributed by atoms with Gasteiger partial charge in [0, 0.05) is 17.6 Å². The number of nitrogens with one attached hydrogen (secondary N) is 1. The van der Waals surface area contributed by atoms with Crippen molar-refractivity contribution >= 4 is 40.4 Å². The summed E-state index contributed by atoms with van der Waals surface area (Å²) in [6.45, 7) is 1.94. The molecular weight excluding hydrogens is 354 g/mol. The maximum atomic E-state index is 6.29. The van der Waals surface area contributed by atoms with Crippen molar-refractivity contribution in [1.29, 1.82) is 0 Å². The molecule has 6 heteroatoms. The molecule has 0 bridgehead atoms. The van der Waals surface area contributed by atoms with Crippen LogP contribution in [0.2, 0.25) is 0 Å². The van der Waals surface area contributed by atoms with Crippen LogP contribution in [-0.2, 0) is 0 Å². The lowest BCUT2D eigenvalue weighted by molar-refractivity contribution is 1.14. The van der Waals surface area contributed by atoms with Crippen LogP contribution in [0.15, 0.2) is 82.9 Å². The largest absolute Gasteiger partial charge is 0.393 e. The number of nitrogens with two attached hydrogens (primary N) is 1. The molecule has 0 unspecified atom stereocenters. The second kappa shape index (κ2) is 9.00. The zero-order valence-corrected chi connectivity index (χ0v) is 16.1. The number of para-hydroxylation sites is 2. The monoisotopic (exact) mass is 375 g/mol. The van der Waals surface area contributed by atoms with Gasteiger partial charge >= 0.3 is 0 Å². The van der Waals surface area contributed by atoms with Crippen LogP contribution in [0.5, 0.6) is 0 Å². The summed E-state index contributed by atoms with van der Waals surface area (Å²) in [4.78, 5) is 13.7. The lowest BCUT2D eigenvalue weighted by Crippen LogP contribution is -2.08. The van der Waals surface area contributed by atoms with Gasteiger partial charge in [0.15, 0.2) is 0 Å². The minimum Gasteiger partial charge on any atom is -0.393 e. The topological polar surface area (TPSA) is 76.2 Å². The van der Waals surface area contributed by atoms with Crippen LogP contribution in [0, 0.1) is 0 Å². The number of allylic oxidation sites excluding steroid dienone is 1. The first-order valence-corrected chi connectivity index (χ1v) is 9.70. The highest BCUT2D eigenvalue weighted by Crippen LogP contribution is 2.25. The molecule has 2 aromatic carbocycles. The van der Waals surface area contributed by atoms with E-state index in [1.165, 1.54) is 11.8 Å². The second-order valence-corrected chi connectivity index (χ2v) is 6.58. The van der Waals surface area contributed by atoms with Crippen molar-refractivity contribution in [2.24, 2.45) is 10.7 Å². The Balaban J connectivity index is 1.97. The minimum atomic E-state index is 0.512. The van der Waals surface area contributed by atoms with Gasteiger partial charge in [-0.05, 0) is 43.5 Å². The molecule has 0 fully saturated rings. The van der Waals surface area contributed by atoms with Crippen molar-refractivity contribution in [1.82, 2.24) is 9.97 Å². The average molecular weight is 376 g/mol. The van der Waals surface area contributed by atoms with Gasteiger partial charge in [0.05, 0.1) is 22.0 Å². The Hall–Kier alpha value is -3.12. The normalized spacial score (nSPS) is 12.4. The molecule has 3 aromatic rings. The fourth-order valence-corrected chi connectivity index (χ4v) is 3.01.